The van der Waals surface area contributed by atoms with Gasteiger partial charge in [-0.25, -0.2) is 8.42 Å². The zero-order chi connectivity index (χ0) is 27.7. The Balaban J connectivity index is 1.34. The third-order valence-electron chi connectivity index (χ3n) is 6.80. The van der Waals surface area contributed by atoms with Crippen molar-refractivity contribution in [3.8, 4) is 5.69 Å². The summed E-state index contributed by atoms with van der Waals surface area (Å²) in [7, 11) is -3.51. The van der Waals surface area contributed by atoms with Crippen LogP contribution in [0.5, 0.6) is 0 Å². The molecule has 2 atom stereocenters. The Morgan fingerprint density at radius 1 is 0.974 bits per heavy atom. The molecule has 1 aliphatic heterocycles. The van der Waals surface area contributed by atoms with Crippen LogP contribution in [-0.4, -0.2) is 65.5 Å². The number of rotatable bonds is 6. The van der Waals surface area contributed by atoms with Crippen molar-refractivity contribution >= 4 is 44.3 Å². The first kappa shape index (κ1) is 26.7. The summed E-state index contributed by atoms with van der Waals surface area (Å²) in [6, 6.07) is 15.2. The summed E-state index contributed by atoms with van der Waals surface area (Å²) in [5.41, 5.74) is 1.85. The van der Waals surface area contributed by atoms with E-state index in [2.05, 4.69) is 15.6 Å². The molecule has 2 aromatic carbocycles. The Kier molecular flexibility index (Phi) is 7.30. The van der Waals surface area contributed by atoms with Crippen LogP contribution in [0.3, 0.4) is 0 Å². The lowest BCUT2D eigenvalue weighted by Gasteiger charge is -2.38. The molecule has 0 bridgehead atoms. The number of aromatic amines is 1. The number of carbonyl (C=O) groups is 2. The maximum Gasteiger partial charge on any atom is 0.255 e. The number of benzene rings is 2. The fourth-order valence-corrected chi connectivity index (χ4v) is 5.78. The molecule has 0 radical (unpaired) electrons. The highest BCUT2D eigenvalue weighted by Gasteiger charge is 2.35. The number of H-pyrrole nitrogens is 1. The summed E-state index contributed by atoms with van der Waals surface area (Å²) < 4.78 is 27.2. The van der Waals surface area contributed by atoms with Crippen molar-refractivity contribution in [1.29, 1.82) is 0 Å². The average Bonchev–Trinajstić information content (AvgIpc) is 3.29. The quantitative estimate of drug-likeness (QED) is 0.329. The van der Waals surface area contributed by atoms with Gasteiger partial charge in [-0.15, -0.1) is 0 Å². The fraction of sp³-hybridized carbons (Fsp3) is 0.222. The molecule has 3 heterocycles. The summed E-state index contributed by atoms with van der Waals surface area (Å²) >= 11 is 6.13. The van der Waals surface area contributed by atoms with Gasteiger partial charge in [-0.3, -0.25) is 19.0 Å². The van der Waals surface area contributed by atoms with Gasteiger partial charge in [-0.05, 0) is 48.9 Å². The van der Waals surface area contributed by atoms with Crippen LogP contribution >= 0.6 is 11.6 Å². The number of hydrogen-bond donors (Lipinski definition) is 3. The van der Waals surface area contributed by atoms with Crippen molar-refractivity contribution in [3.63, 3.8) is 0 Å². The molecule has 1 aliphatic rings. The number of pyridine rings is 1. The van der Waals surface area contributed by atoms with Gasteiger partial charge in [0.05, 0.1) is 23.4 Å². The second-order valence-electron chi connectivity index (χ2n) is 9.42. The number of nitrogens with one attached hydrogen (secondary N) is 3. The van der Waals surface area contributed by atoms with Gasteiger partial charge in [0.1, 0.15) is 0 Å². The fourth-order valence-electron chi connectivity index (χ4n) is 4.69. The molecular weight excluding hydrogens is 542 g/mol. The van der Waals surface area contributed by atoms with E-state index in [4.69, 9.17) is 11.6 Å². The predicted molar refractivity (Wildman–Crippen MR) is 149 cm³/mol. The third kappa shape index (κ3) is 5.75. The molecule has 5 rings (SSSR count). The van der Waals surface area contributed by atoms with Crippen LogP contribution in [0.2, 0.25) is 5.02 Å². The van der Waals surface area contributed by atoms with Gasteiger partial charge in [0.25, 0.3) is 17.4 Å². The first-order valence-corrected chi connectivity index (χ1v) is 14.4. The van der Waals surface area contributed by atoms with Crippen molar-refractivity contribution < 1.29 is 18.0 Å². The molecule has 10 nitrogen and oxygen atoms in total. The van der Waals surface area contributed by atoms with Crippen molar-refractivity contribution in [2.75, 3.05) is 19.3 Å². The molecule has 39 heavy (non-hydrogen) atoms. The largest absolute Gasteiger partial charge is 0.360 e. The number of piperidine rings is 1. The Bertz CT molecular complexity index is 1710. The van der Waals surface area contributed by atoms with E-state index in [0.717, 1.165) is 11.6 Å². The molecule has 2 unspecified atom stereocenters. The summed E-state index contributed by atoms with van der Waals surface area (Å²) in [5.74, 6) is -0.777. The highest BCUT2D eigenvalue weighted by Crippen LogP contribution is 2.24. The molecule has 3 N–H and O–H groups in total. The minimum Gasteiger partial charge on any atom is -0.360 e. The van der Waals surface area contributed by atoms with Crippen molar-refractivity contribution in [3.05, 3.63) is 99.6 Å². The van der Waals surface area contributed by atoms with Crippen molar-refractivity contribution in [2.45, 2.75) is 18.5 Å². The Hall–Kier alpha value is -3.93. The van der Waals surface area contributed by atoms with Crippen LogP contribution < -0.4 is 16.2 Å². The van der Waals surface area contributed by atoms with Gasteiger partial charge in [0, 0.05) is 59.3 Å². The number of carbonyl (C=O) groups excluding carboxylic acids is 2. The molecule has 1 saturated heterocycles. The van der Waals surface area contributed by atoms with Gasteiger partial charge >= 0.3 is 0 Å². The minimum absolute atomic E-state index is 0.0122. The summed E-state index contributed by atoms with van der Waals surface area (Å²) in [6.07, 6.45) is 4.71. The van der Waals surface area contributed by atoms with Crippen LogP contribution in [0.25, 0.3) is 16.6 Å². The maximum absolute atomic E-state index is 13.2. The van der Waals surface area contributed by atoms with Crippen LogP contribution in [-0.2, 0) is 10.0 Å². The summed E-state index contributed by atoms with van der Waals surface area (Å²) in [5, 5.41) is 7.21. The molecule has 12 heteroatoms. The lowest BCUT2D eigenvalue weighted by Crippen LogP contribution is -2.61. The first-order valence-electron chi connectivity index (χ1n) is 12.2. The second kappa shape index (κ2) is 10.7. The van der Waals surface area contributed by atoms with E-state index in [-0.39, 0.29) is 24.6 Å². The number of nitrogens with zero attached hydrogens (tertiary/aromatic N) is 2. The Labute approximate surface area is 229 Å². The SMILES string of the molecule is CS(=O)(=O)N1CCC(NC(=O)c2ccc3c(Cl)c[nH]c3c2)C(NC(=O)c2ccc(-n3ccccc3=O)cc2)C1. The van der Waals surface area contributed by atoms with Gasteiger partial charge < -0.3 is 15.6 Å². The lowest BCUT2D eigenvalue weighted by molar-refractivity contribution is 0.0849. The zero-order valence-corrected chi connectivity index (χ0v) is 22.5. The molecule has 0 aliphatic carbocycles. The smallest absolute Gasteiger partial charge is 0.255 e. The number of halogens is 1. The normalized spacial score (nSPS) is 18.1. The van der Waals surface area contributed by atoms with E-state index >= 15 is 0 Å². The summed E-state index contributed by atoms with van der Waals surface area (Å²) in [6.45, 7) is 0.222. The topological polar surface area (TPSA) is 133 Å². The zero-order valence-electron chi connectivity index (χ0n) is 20.9. The van der Waals surface area contributed by atoms with Crippen LogP contribution in [0.1, 0.15) is 27.1 Å². The Morgan fingerprint density at radius 2 is 1.67 bits per heavy atom. The van der Waals surface area contributed by atoms with Crippen LogP contribution in [0.4, 0.5) is 0 Å². The molecule has 202 valence electrons. The van der Waals surface area contributed by atoms with E-state index in [0.29, 0.717) is 33.8 Å². The van der Waals surface area contributed by atoms with Gasteiger partial charge in [-0.1, -0.05) is 23.7 Å². The van der Waals surface area contributed by atoms with E-state index < -0.39 is 28.0 Å². The molecular formula is C27H26ClN5O5S. The second-order valence-corrected chi connectivity index (χ2v) is 11.8. The van der Waals surface area contributed by atoms with Gasteiger partial charge in [0.15, 0.2) is 0 Å². The van der Waals surface area contributed by atoms with Crippen molar-refractivity contribution in [1.82, 2.24) is 24.5 Å². The van der Waals surface area contributed by atoms with Gasteiger partial charge in [-0.2, -0.15) is 4.31 Å². The third-order valence-corrected chi connectivity index (χ3v) is 8.38. The first-order chi connectivity index (χ1) is 18.6. The van der Waals surface area contributed by atoms with E-state index in [1.54, 1.807) is 67.0 Å². The van der Waals surface area contributed by atoms with Gasteiger partial charge in [0.2, 0.25) is 10.0 Å². The van der Waals surface area contributed by atoms with Crippen LogP contribution in [0.15, 0.2) is 77.9 Å². The number of sulfonamides is 1. The molecule has 2 aromatic heterocycles. The van der Waals surface area contributed by atoms with Crippen molar-refractivity contribution in [2.24, 2.45) is 0 Å². The maximum atomic E-state index is 13.2. The molecule has 0 spiro atoms. The number of hydrogen-bond acceptors (Lipinski definition) is 5. The molecule has 0 saturated carbocycles. The lowest BCUT2D eigenvalue weighted by atomic mass is 9.99. The molecule has 1 fully saturated rings. The van der Waals surface area contributed by atoms with Crippen LogP contribution in [0, 0.1) is 0 Å². The Morgan fingerprint density at radius 3 is 2.38 bits per heavy atom. The summed E-state index contributed by atoms with van der Waals surface area (Å²) in [4.78, 5) is 41.4. The van der Waals surface area contributed by atoms with E-state index in [1.165, 1.54) is 14.9 Å². The molecule has 4 aromatic rings. The van der Waals surface area contributed by atoms with E-state index in [1.807, 2.05) is 0 Å². The highest BCUT2D eigenvalue weighted by molar-refractivity contribution is 7.88. The highest BCUT2D eigenvalue weighted by atomic mass is 35.5. The average molecular weight is 568 g/mol. The number of fused-ring (bicyclic) bond motifs is 1. The van der Waals surface area contributed by atoms with E-state index in [9.17, 15) is 22.8 Å². The number of aromatic nitrogens is 2. The monoisotopic (exact) mass is 567 g/mol. The molecule has 2 amide bonds. The standard InChI is InChI=1S/C27H26ClN5O5S/c1-39(37,38)32-13-11-22(30-27(36)18-7-10-20-21(28)15-29-23(20)14-18)24(16-32)31-26(35)17-5-8-19(9-6-17)33-12-3-2-4-25(33)34/h2-10,12,14-15,22,24,29H,11,13,16H2,1H3,(H,30,36)(H,31,35). The predicted octanol–water partition coefficient (Wildman–Crippen LogP) is 2.53. The minimum atomic E-state index is -3.51. The number of amides is 2.